The van der Waals surface area contributed by atoms with Crippen LogP contribution in [0.25, 0.3) is 0 Å². The van der Waals surface area contributed by atoms with E-state index < -0.39 is 0 Å². The number of methoxy groups -OCH3 is 1. The molecule has 0 heterocycles. The first-order valence-electron chi connectivity index (χ1n) is 10.7. The lowest BCUT2D eigenvalue weighted by molar-refractivity contribution is -0.123. The molecule has 0 aromatic heterocycles. The van der Waals surface area contributed by atoms with Crippen LogP contribution in [0.5, 0.6) is 0 Å². The van der Waals surface area contributed by atoms with E-state index in [1.165, 1.54) is 0 Å². The number of rotatable bonds is 9. The van der Waals surface area contributed by atoms with Crippen LogP contribution < -0.4 is 0 Å². The van der Waals surface area contributed by atoms with E-state index in [1.807, 2.05) is 13.0 Å². The van der Waals surface area contributed by atoms with Gasteiger partial charge in [-0.2, -0.15) is 0 Å². The summed E-state index contributed by atoms with van der Waals surface area (Å²) in [5.74, 6) is 2.31. The first kappa shape index (κ1) is 23.8. The predicted octanol–water partition coefficient (Wildman–Crippen LogP) is 5.79. The molecule has 3 heteroatoms. The second kappa shape index (κ2) is 12.3. The largest absolute Gasteiger partial charge is 0.384 e. The van der Waals surface area contributed by atoms with Gasteiger partial charge in [-0.1, -0.05) is 45.8 Å². The van der Waals surface area contributed by atoms with Gasteiger partial charge in [0.05, 0.1) is 6.61 Å². The van der Waals surface area contributed by atoms with E-state index in [0.717, 1.165) is 37.7 Å². The molecule has 0 amide bonds. The zero-order valence-corrected chi connectivity index (χ0v) is 18.3. The molecule has 0 spiro atoms. The molecule has 0 aromatic rings. The summed E-state index contributed by atoms with van der Waals surface area (Å²) < 4.78 is 5.44. The summed E-state index contributed by atoms with van der Waals surface area (Å²) in [5.41, 5.74) is 1.10. The molecule has 1 rings (SSSR count). The zero-order valence-electron chi connectivity index (χ0n) is 18.3. The molecule has 3 nitrogen and oxygen atoms in total. The minimum atomic E-state index is 0.0717. The molecule has 0 N–H and O–H groups in total. The Balaban J connectivity index is 2.85. The molecule has 0 saturated heterocycles. The van der Waals surface area contributed by atoms with Crippen molar-refractivity contribution in [3.05, 3.63) is 23.8 Å². The highest BCUT2D eigenvalue weighted by molar-refractivity contribution is 5.99. The predicted molar refractivity (Wildman–Crippen MR) is 113 cm³/mol. The van der Waals surface area contributed by atoms with Gasteiger partial charge in [0.1, 0.15) is 5.78 Å². The van der Waals surface area contributed by atoms with Gasteiger partial charge in [-0.25, -0.2) is 0 Å². The lowest BCUT2D eigenvalue weighted by Gasteiger charge is -2.30. The summed E-state index contributed by atoms with van der Waals surface area (Å²) in [5, 5.41) is 0. The molecule has 0 saturated carbocycles. The van der Waals surface area contributed by atoms with E-state index in [9.17, 15) is 9.59 Å². The lowest BCUT2D eigenvalue weighted by atomic mass is 9.75. The fourth-order valence-electron chi connectivity index (χ4n) is 4.16. The highest BCUT2D eigenvalue weighted by Crippen LogP contribution is 2.34. The summed E-state index contributed by atoms with van der Waals surface area (Å²) in [6.07, 6.45) is 11.3. The van der Waals surface area contributed by atoms with Crippen molar-refractivity contribution in [1.29, 1.82) is 0 Å². The molecule has 0 fully saturated rings. The SMILES string of the molecule is CCC[C@H](C)C(=O)CCC(C)C1C[C@@H](COC)/C(C)=C/C(=O)/C=C\[C@H](C)C1. The molecule has 0 aliphatic heterocycles. The Hall–Kier alpha value is -1.22. The molecule has 0 radical (unpaired) electrons. The number of ether oxygens (including phenoxy) is 1. The smallest absolute Gasteiger partial charge is 0.178 e. The molecule has 0 aromatic carbocycles. The van der Waals surface area contributed by atoms with Gasteiger partial charge < -0.3 is 4.74 Å². The van der Waals surface area contributed by atoms with Crippen molar-refractivity contribution < 1.29 is 14.3 Å². The van der Waals surface area contributed by atoms with E-state index in [0.29, 0.717) is 36.6 Å². The van der Waals surface area contributed by atoms with Gasteiger partial charge in [-0.05, 0) is 62.5 Å². The molecule has 5 atom stereocenters. The van der Waals surface area contributed by atoms with Gasteiger partial charge >= 0.3 is 0 Å². The molecule has 1 aliphatic rings. The number of hydrogen-bond donors (Lipinski definition) is 0. The Morgan fingerprint density at radius 1 is 1.26 bits per heavy atom. The third kappa shape index (κ3) is 8.55. The van der Waals surface area contributed by atoms with E-state index >= 15 is 0 Å². The summed E-state index contributed by atoms with van der Waals surface area (Å²) in [4.78, 5) is 24.5. The van der Waals surface area contributed by atoms with Crippen molar-refractivity contribution in [1.82, 2.24) is 0 Å². The molecule has 27 heavy (non-hydrogen) atoms. The molecular weight excluding hydrogens is 336 g/mol. The van der Waals surface area contributed by atoms with E-state index in [1.54, 1.807) is 19.3 Å². The molecule has 0 bridgehead atoms. The average molecular weight is 377 g/mol. The van der Waals surface area contributed by atoms with Crippen LogP contribution in [0.3, 0.4) is 0 Å². The van der Waals surface area contributed by atoms with Crippen molar-refractivity contribution in [3.8, 4) is 0 Å². The van der Waals surface area contributed by atoms with Gasteiger partial charge in [-0.3, -0.25) is 9.59 Å². The van der Waals surface area contributed by atoms with Crippen LogP contribution in [0.1, 0.15) is 73.1 Å². The minimum Gasteiger partial charge on any atom is -0.384 e. The second-order valence-electron chi connectivity index (χ2n) is 8.68. The van der Waals surface area contributed by atoms with Crippen LogP contribution >= 0.6 is 0 Å². The second-order valence-corrected chi connectivity index (χ2v) is 8.68. The average Bonchev–Trinajstić information content (AvgIpc) is 2.62. The molecule has 2 unspecified atom stereocenters. The molecular formula is C24H40O3. The third-order valence-corrected chi connectivity index (χ3v) is 6.15. The van der Waals surface area contributed by atoms with Crippen LogP contribution in [-0.2, 0) is 14.3 Å². The van der Waals surface area contributed by atoms with Crippen LogP contribution in [0, 0.1) is 29.6 Å². The van der Waals surface area contributed by atoms with Crippen molar-refractivity contribution in [2.75, 3.05) is 13.7 Å². The summed E-state index contributed by atoms with van der Waals surface area (Å²) >= 11 is 0. The number of allylic oxidation sites excluding steroid dienone is 3. The first-order valence-corrected chi connectivity index (χ1v) is 10.7. The van der Waals surface area contributed by atoms with Crippen molar-refractivity contribution in [3.63, 3.8) is 0 Å². The normalized spacial score (nSPS) is 29.5. The van der Waals surface area contributed by atoms with Crippen LogP contribution in [-0.4, -0.2) is 25.3 Å². The maximum Gasteiger partial charge on any atom is 0.178 e. The lowest BCUT2D eigenvalue weighted by Crippen LogP contribution is -2.23. The minimum absolute atomic E-state index is 0.0717. The summed E-state index contributed by atoms with van der Waals surface area (Å²) in [7, 11) is 1.72. The number of carbonyl (C=O) groups is 2. The number of Topliss-reactive ketones (excluding diaryl/α,β-unsaturated/α-hetero) is 1. The maximum absolute atomic E-state index is 12.4. The standard InChI is InChI=1S/C24H40O3/c1-7-8-19(4)24(26)12-10-18(3)21-13-17(2)9-11-23(25)14-20(5)22(15-21)16-27-6/h9,11,14,17-19,21-22H,7-8,10,12-13,15-16H2,1-6H3/b11-9-,20-14+/t17-,18?,19-,21?,22-/m0/s1. The van der Waals surface area contributed by atoms with Crippen LogP contribution in [0.2, 0.25) is 0 Å². The van der Waals surface area contributed by atoms with E-state index in [4.69, 9.17) is 4.74 Å². The monoisotopic (exact) mass is 376 g/mol. The summed E-state index contributed by atoms with van der Waals surface area (Å²) in [6, 6.07) is 0. The molecule has 154 valence electrons. The van der Waals surface area contributed by atoms with Gasteiger partial charge in [0, 0.05) is 25.4 Å². The zero-order chi connectivity index (χ0) is 20.4. The Morgan fingerprint density at radius 3 is 2.59 bits per heavy atom. The highest BCUT2D eigenvalue weighted by atomic mass is 16.5. The number of hydrogen-bond acceptors (Lipinski definition) is 3. The first-order chi connectivity index (χ1) is 12.8. The van der Waals surface area contributed by atoms with Gasteiger partial charge in [0.2, 0.25) is 0 Å². The van der Waals surface area contributed by atoms with Crippen molar-refractivity contribution in [2.45, 2.75) is 73.1 Å². The van der Waals surface area contributed by atoms with E-state index in [2.05, 4.69) is 27.7 Å². The number of ketones is 2. The Labute approximate surface area is 166 Å². The van der Waals surface area contributed by atoms with E-state index in [-0.39, 0.29) is 17.6 Å². The van der Waals surface area contributed by atoms with Crippen molar-refractivity contribution >= 4 is 11.6 Å². The van der Waals surface area contributed by atoms with Crippen LogP contribution in [0.15, 0.2) is 23.8 Å². The maximum atomic E-state index is 12.4. The Bertz CT molecular complexity index is 532. The van der Waals surface area contributed by atoms with Crippen molar-refractivity contribution in [2.24, 2.45) is 29.6 Å². The fourth-order valence-corrected chi connectivity index (χ4v) is 4.16. The Kier molecular flexibility index (Phi) is 10.8. The van der Waals surface area contributed by atoms with Crippen LogP contribution in [0.4, 0.5) is 0 Å². The number of carbonyl (C=O) groups excluding carboxylic acids is 2. The highest BCUT2D eigenvalue weighted by Gasteiger charge is 2.26. The third-order valence-electron chi connectivity index (χ3n) is 6.15. The Morgan fingerprint density at radius 2 is 1.96 bits per heavy atom. The van der Waals surface area contributed by atoms with Gasteiger partial charge in [-0.15, -0.1) is 0 Å². The summed E-state index contributed by atoms with van der Waals surface area (Å²) in [6.45, 7) is 11.4. The van der Waals surface area contributed by atoms with Gasteiger partial charge in [0.25, 0.3) is 0 Å². The molecule has 1 aliphatic carbocycles. The van der Waals surface area contributed by atoms with Gasteiger partial charge in [0.15, 0.2) is 5.78 Å². The topological polar surface area (TPSA) is 43.4 Å². The fraction of sp³-hybridized carbons (Fsp3) is 0.750. The quantitative estimate of drug-likeness (QED) is 0.511.